The van der Waals surface area contributed by atoms with E-state index < -0.39 is 30.1 Å². The van der Waals surface area contributed by atoms with E-state index in [1.165, 1.54) is 12.1 Å². The van der Waals surface area contributed by atoms with Crippen LogP contribution >= 0.6 is 0 Å². The van der Waals surface area contributed by atoms with Gasteiger partial charge in [0.05, 0.1) is 18.3 Å². The minimum absolute atomic E-state index is 0.0397. The summed E-state index contributed by atoms with van der Waals surface area (Å²) in [5.74, 6) is -0.570. The number of carbonyl (C=O) groups is 1. The number of phenols is 1. The minimum atomic E-state index is -4.48. The van der Waals surface area contributed by atoms with Crippen LogP contribution in [0.25, 0.3) is 0 Å². The van der Waals surface area contributed by atoms with E-state index in [1.54, 1.807) is 54.6 Å². The van der Waals surface area contributed by atoms with E-state index in [0.717, 1.165) is 12.1 Å². The molecule has 9 heteroatoms. The third kappa shape index (κ3) is 7.14. The van der Waals surface area contributed by atoms with Crippen LogP contribution in [0, 0.1) is 5.92 Å². The summed E-state index contributed by atoms with van der Waals surface area (Å²) in [7, 11) is 0. The molecular formula is C29H27F3O6. The van der Waals surface area contributed by atoms with Gasteiger partial charge < -0.3 is 24.4 Å². The van der Waals surface area contributed by atoms with E-state index in [9.17, 15) is 23.1 Å². The number of carboxylic acid groups (broad SMARTS) is 1. The maximum absolute atomic E-state index is 13.1. The Balaban J connectivity index is 1.51. The predicted octanol–water partition coefficient (Wildman–Crippen LogP) is 7.42. The Bertz CT molecular complexity index is 1270. The van der Waals surface area contributed by atoms with Crippen molar-refractivity contribution in [2.75, 3.05) is 6.61 Å². The topological polar surface area (TPSA) is 85.2 Å². The van der Waals surface area contributed by atoms with Crippen LogP contribution in [-0.2, 0) is 20.4 Å². The summed E-state index contributed by atoms with van der Waals surface area (Å²) >= 11 is 0. The lowest BCUT2D eigenvalue weighted by molar-refractivity contribution is -0.244. The summed E-state index contributed by atoms with van der Waals surface area (Å²) < 4.78 is 57.2. The molecule has 0 saturated carbocycles. The van der Waals surface area contributed by atoms with E-state index in [1.807, 2.05) is 6.08 Å². The molecule has 1 heterocycles. The Hall–Kier alpha value is -3.82. The highest BCUT2D eigenvalue weighted by atomic mass is 19.4. The van der Waals surface area contributed by atoms with Crippen LogP contribution in [0.5, 0.6) is 17.2 Å². The molecule has 3 aromatic rings. The van der Waals surface area contributed by atoms with Gasteiger partial charge in [0.25, 0.3) is 0 Å². The minimum Gasteiger partial charge on any atom is -0.508 e. The average molecular weight is 529 g/mol. The average Bonchev–Trinajstić information content (AvgIpc) is 2.89. The Labute approximate surface area is 217 Å². The molecule has 0 radical (unpaired) electrons. The lowest BCUT2D eigenvalue weighted by Crippen LogP contribution is -2.30. The second-order valence-corrected chi connectivity index (χ2v) is 8.88. The first kappa shape index (κ1) is 27.2. The lowest BCUT2D eigenvalue weighted by Gasteiger charge is -2.37. The maximum atomic E-state index is 13.1. The van der Waals surface area contributed by atoms with Crippen molar-refractivity contribution < 1.29 is 42.4 Å². The fourth-order valence-corrected chi connectivity index (χ4v) is 4.20. The molecule has 1 saturated heterocycles. The number of aromatic hydroxyl groups is 1. The molecule has 200 valence electrons. The van der Waals surface area contributed by atoms with Gasteiger partial charge in [0.1, 0.15) is 17.2 Å². The molecule has 3 aromatic carbocycles. The van der Waals surface area contributed by atoms with Crippen molar-refractivity contribution >= 4 is 5.97 Å². The zero-order chi connectivity index (χ0) is 27.1. The molecule has 1 fully saturated rings. The molecule has 4 rings (SSSR count). The second kappa shape index (κ2) is 12.1. The number of hydrogen-bond acceptors (Lipinski definition) is 5. The van der Waals surface area contributed by atoms with Crippen LogP contribution in [0.1, 0.15) is 48.3 Å². The zero-order valence-electron chi connectivity index (χ0n) is 20.3. The number of rotatable bonds is 9. The van der Waals surface area contributed by atoms with Crippen molar-refractivity contribution in [1.29, 1.82) is 0 Å². The number of phenolic OH excluding ortho intramolecular Hbond substituents is 1. The van der Waals surface area contributed by atoms with Crippen molar-refractivity contribution in [3.05, 3.63) is 102 Å². The summed E-state index contributed by atoms with van der Waals surface area (Å²) in [6, 6.07) is 18.2. The van der Waals surface area contributed by atoms with Gasteiger partial charge in [-0.25, -0.2) is 0 Å². The molecule has 0 aromatic heterocycles. The summed E-state index contributed by atoms with van der Waals surface area (Å²) in [4.78, 5) is 10.7. The molecule has 0 aliphatic carbocycles. The normalized spacial score (nSPS) is 19.9. The molecule has 1 aliphatic rings. The fraction of sp³-hybridized carbons (Fsp3) is 0.276. The van der Waals surface area contributed by atoms with Crippen molar-refractivity contribution in [1.82, 2.24) is 0 Å². The number of hydrogen-bond donors (Lipinski definition) is 2. The number of carboxylic acids is 1. The first-order valence-electron chi connectivity index (χ1n) is 12.1. The van der Waals surface area contributed by atoms with Gasteiger partial charge in [0.15, 0.2) is 6.29 Å². The van der Waals surface area contributed by atoms with Crippen LogP contribution < -0.4 is 4.74 Å². The standard InChI is InChI=1S/C29H27F3O6/c30-29(31,32)21-10-7-12-23(17-21)37-22-11-6-9-19(16-22)28-36-18-20(8-2-1-3-15-26(34)35)27(38-28)24-13-4-5-14-25(24)33/h1-2,4-7,9-14,16-17,20,27-28,33H,3,8,15,18H2,(H,34,35)/b2-1-. The van der Waals surface area contributed by atoms with E-state index in [2.05, 4.69) is 0 Å². The molecule has 0 spiro atoms. The van der Waals surface area contributed by atoms with E-state index in [-0.39, 0.29) is 23.8 Å². The number of halogens is 3. The number of benzene rings is 3. The van der Waals surface area contributed by atoms with Gasteiger partial charge in [-0.3, -0.25) is 4.79 Å². The summed E-state index contributed by atoms with van der Waals surface area (Å²) in [5.41, 5.74) is 0.394. The highest BCUT2D eigenvalue weighted by molar-refractivity contribution is 5.66. The molecule has 0 bridgehead atoms. The van der Waals surface area contributed by atoms with Crippen molar-refractivity contribution in [2.45, 2.75) is 37.8 Å². The van der Waals surface area contributed by atoms with E-state index in [0.29, 0.717) is 36.3 Å². The zero-order valence-corrected chi connectivity index (χ0v) is 20.3. The van der Waals surface area contributed by atoms with Crippen LogP contribution in [0.2, 0.25) is 0 Å². The number of para-hydroxylation sites is 1. The highest BCUT2D eigenvalue weighted by Gasteiger charge is 2.35. The van der Waals surface area contributed by atoms with Gasteiger partial charge in [-0.2, -0.15) is 13.2 Å². The number of aliphatic carboxylic acids is 1. The van der Waals surface area contributed by atoms with Crippen LogP contribution in [0.3, 0.4) is 0 Å². The predicted molar refractivity (Wildman–Crippen MR) is 133 cm³/mol. The second-order valence-electron chi connectivity index (χ2n) is 8.88. The van der Waals surface area contributed by atoms with Gasteiger partial charge in [-0.15, -0.1) is 0 Å². The Morgan fingerprint density at radius 2 is 1.74 bits per heavy atom. The van der Waals surface area contributed by atoms with Gasteiger partial charge in [0.2, 0.25) is 0 Å². The Morgan fingerprint density at radius 3 is 2.47 bits per heavy atom. The van der Waals surface area contributed by atoms with Crippen LogP contribution in [0.15, 0.2) is 84.9 Å². The molecule has 3 unspecified atom stereocenters. The quantitative estimate of drug-likeness (QED) is 0.281. The molecule has 6 nitrogen and oxygen atoms in total. The third-order valence-corrected chi connectivity index (χ3v) is 6.06. The molecule has 0 amide bonds. The number of allylic oxidation sites excluding steroid dienone is 2. The molecule has 3 atom stereocenters. The van der Waals surface area contributed by atoms with Crippen LogP contribution in [0.4, 0.5) is 13.2 Å². The fourth-order valence-electron chi connectivity index (χ4n) is 4.20. The van der Waals surface area contributed by atoms with Crippen molar-refractivity contribution in [3.8, 4) is 17.2 Å². The number of alkyl halides is 3. The molecule has 38 heavy (non-hydrogen) atoms. The van der Waals surface area contributed by atoms with Crippen molar-refractivity contribution in [3.63, 3.8) is 0 Å². The molecular weight excluding hydrogens is 501 g/mol. The Morgan fingerprint density at radius 1 is 1.00 bits per heavy atom. The highest BCUT2D eigenvalue weighted by Crippen LogP contribution is 2.43. The summed E-state index contributed by atoms with van der Waals surface area (Å²) in [5, 5.41) is 19.3. The summed E-state index contributed by atoms with van der Waals surface area (Å²) in [6.45, 7) is 0.297. The van der Waals surface area contributed by atoms with Crippen molar-refractivity contribution in [2.24, 2.45) is 5.92 Å². The van der Waals surface area contributed by atoms with Gasteiger partial charge in [0, 0.05) is 23.5 Å². The first-order chi connectivity index (χ1) is 18.2. The summed E-state index contributed by atoms with van der Waals surface area (Å²) in [6.07, 6.45) is -1.13. The monoisotopic (exact) mass is 528 g/mol. The van der Waals surface area contributed by atoms with Crippen LogP contribution in [-0.4, -0.2) is 22.8 Å². The van der Waals surface area contributed by atoms with E-state index in [4.69, 9.17) is 19.3 Å². The Kier molecular flexibility index (Phi) is 8.70. The van der Waals surface area contributed by atoms with Gasteiger partial charge in [-0.05, 0) is 49.2 Å². The maximum Gasteiger partial charge on any atom is 0.416 e. The smallest absolute Gasteiger partial charge is 0.416 e. The van der Waals surface area contributed by atoms with Gasteiger partial charge >= 0.3 is 12.1 Å². The number of ether oxygens (including phenoxy) is 3. The lowest BCUT2D eigenvalue weighted by atomic mass is 9.91. The molecule has 2 N–H and O–H groups in total. The largest absolute Gasteiger partial charge is 0.508 e. The van der Waals surface area contributed by atoms with Gasteiger partial charge in [-0.1, -0.05) is 48.6 Å². The first-order valence-corrected chi connectivity index (χ1v) is 12.1. The van der Waals surface area contributed by atoms with E-state index >= 15 is 0 Å². The third-order valence-electron chi connectivity index (χ3n) is 6.06. The molecule has 1 aliphatic heterocycles. The SMILES string of the molecule is O=C(O)CC/C=C\CC1COC(c2cccc(Oc3cccc(C(F)(F)F)c3)c2)OC1c1ccccc1O.